The molecular formula is C20H35NO5. The average molecular weight is 370 g/mol. The van der Waals surface area contributed by atoms with Crippen LogP contribution in [0.3, 0.4) is 0 Å². The first kappa shape index (κ1) is 20.1. The van der Waals surface area contributed by atoms with E-state index in [0.29, 0.717) is 48.2 Å². The SMILES string of the molecule is CN(O)C(=O)CCCCOC[C@H]1[C@@H](COC2CCCCC2)[C@H]2CC[C@@H]1O2. The number of unbranched alkanes of at least 4 members (excludes halogenated alkanes) is 1. The molecule has 0 aromatic rings. The number of hydrogen-bond donors (Lipinski definition) is 1. The molecule has 2 bridgehead atoms. The van der Waals surface area contributed by atoms with Crippen LogP contribution in [-0.4, -0.2) is 61.4 Å². The van der Waals surface area contributed by atoms with E-state index < -0.39 is 0 Å². The van der Waals surface area contributed by atoms with E-state index in [2.05, 4.69) is 0 Å². The largest absolute Gasteiger partial charge is 0.381 e. The van der Waals surface area contributed by atoms with Crippen molar-refractivity contribution in [3.8, 4) is 0 Å². The quantitative estimate of drug-likeness (QED) is 0.364. The number of fused-ring (bicyclic) bond motifs is 2. The zero-order chi connectivity index (χ0) is 18.4. The first-order valence-corrected chi connectivity index (χ1v) is 10.5. The molecule has 3 rings (SSSR count). The molecule has 0 unspecified atom stereocenters. The fourth-order valence-corrected chi connectivity index (χ4v) is 4.67. The van der Waals surface area contributed by atoms with Crippen molar-refractivity contribution in [2.24, 2.45) is 11.8 Å². The number of carbonyl (C=O) groups is 1. The van der Waals surface area contributed by atoms with Crippen molar-refractivity contribution in [1.29, 1.82) is 0 Å². The molecule has 3 fully saturated rings. The van der Waals surface area contributed by atoms with E-state index in [0.717, 1.165) is 38.9 Å². The maximum atomic E-state index is 11.3. The lowest BCUT2D eigenvalue weighted by atomic mass is 9.80. The number of hydroxylamine groups is 2. The van der Waals surface area contributed by atoms with Crippen LogP contribution >= 0.6 is 0 Å². The van der Waals surface area contributed by atoms with Crippen LogP contribution in [-0.2, 0) is 19.0 Å². The van der Waals surface area contributed by atoms with E-state index in [9.17, 15) is 4.79 Å². The van der Waals surface area contributed by atoms with Gasteiger partial charge in [-0.3, -0.25) is 10.0 Å². The van der Waals surface area contributed by atoms with Crippen LogP contribution in [0.5, 0.6) is 0 Å². The molecule has 2 aliphatic heterocycles. The second kappa shape index (κ2) is 10.0. The van der Waals surface area contributed by atoms with Gasteiger partial charge >= 0.3 is 0 Å². The predicted octanol–water partition coefficient (Wildman–Crippen LogP) is 3.16. The maximum Gasteiger partial charge on any atom is 0.245 e. The molecule has 1 amide bonds. The molecule has 0 radical (unpaired) electrons. The average Bonchev–Trinajstić information content (AvgIpc) is 3.25. The van der Waals surface area contributed by atoms with Gasteiger partial charge in [0.15, 0.2) is 0 Å². The van der Waals surface area contributed by atoms with Crippen molar-refractivity contribution in [1.82, 2.24) is 5.06 Å². The highest BCUT2D eigenvalue weighted by Crippen LogP contribution is 2.44. The predicted molar refractivity (Wildman–Crippen MR) is 96.9 cm³/mol. The molecule has 1 N–H and O–H groups in total. The van der Waals surface area contributed by atoms with E-state index in [4.69, 9.17) is 19.4 Å². The lowest BCUT2D eigenvalue weighted by Gasteiger charge is -2.30. The highest BCUT2D eigenvalue weighted by Gasteiger charge is 2.49. The Kier molecular flexibility index (Phi) is 7.73. The van der Waals surface area contributed by atoms with Crippen molar-refractivity contribution >= 4 is 5.91 Å². The molecule has 6 nitrogen and oxygen atoms in total. The summed E-state index contributed by atoms with van der Waals surface area (Å²) in [5, 5.41) is 9.69. The molecule has 4 atom stereocenters. The second-order valence-electron chi connectivity index (χ2n) is 8.16. The lowest BCUT2D eigenvalue weighted by molar-refractivity contribution is -0.159. The summed E-state index contributed by atoms with van der Waals surface area (Å²) in [6.45, 7) is 2.21. The minimum absolute atomic E-state index is 0.244. The topological polar surface area (TPSA) is 68.2 Å². The van der Waals surface area contributed by atoms with Crippen molar-refractivity contribution in [2.75, 3.05) is 26.9 Å². The number of carbonyl (C=O) groups excluding carboxylic acids is 1. The summed E-state index contributed by atoms with van der Waals surface area (Å²) >= 11 is 0. The van der Waals surface area contributed by atoms with E-state index in [1.54, 1.807) is 0 Å². The third kappa shape index (κ3) is 5.41. The minimum atomic E-state index is -0.244. The summed E-state index contributed by atoms with van der Waals surface area (Å²) in [7, 11) is 1.36. The van der Waals surface area contributed by atoms with Crippen LogP contribution in [0.1, 0.15) is 64.2 Å². The van der Waals surface area contributed by atoms with Gasteiger partial charge in [0.1, 0.15) is 0 Å². The molecule has 26 heavy (non-hydrogen) atoms. The zero-order valence-corrected chi connectivity index (χ0v) is 16.1. The number of nitrogens with zero attached hydrogens (tertiary/aromatic N) is 1. The summed E-state index contributed by atoms with van der Waals surface area (Å²) < 4.78 is 18.3. The highest BCUT2D eigenvalue weighted by molar-refractivity contribution is 5.74. The highest BCUT2D eigenvalue weighted by atomic mass is 16.5. The van der Waals surface area contributed by atoms with Crippen LogP contribution in [0.15, 0.2) is 0 Å². The summed E-state index contributed by atoms with van der Waals surface area (Å²) in [6, 6.07) is 0. The Morgan fingerprint density at radius 2 is 1.73 bits per heavy atom. The first-order valence-electron chi connectivity index (χ1n) is 10.5. The molecule has 0 aromatic heterocycles. The lowest BCUT2D eigenvalue weighted by Crippen LogP contribution is -2.35. The second-order valence-corrected chi connectivity index (χ2v) is 8.16. The Bertz CT molecular complexity index is 438. The van der Waals surface area contributed by atoms with Gasteiger partial charge < -0.3 is 14.2 Å². The third-order valence-corrected chi connectivity index (χ3v) is 6.27. The fourth-order valence-electron chi connectivity index (χ4n) is 4.67. The van der Waals surface area contributed by atoms with Crippen molar-refractivity contribution < 1.29 is 24.2 Å². The molecular weight excluding hydrogens is 334 g/mol. The molecule has 3 aliphatic rings. The van der Waals surface area contributed by atoms with Gasteiger partial charge in [-0.25, -0.2) is 5.06 Å². The molecule has 2 saturated heterocycles. The van der Waals surface area contributed by atoms with Gasteiger partial charge in [-0.05, 0) is 38.5 Å². The number of hydrogen-bond acceptors (Lipinski definition) is 5. The van der Waals surface area contributed by atoms with E-state index in [-0.39, 0.29) is 5.91 Å². The van der Waals surface area contributed by atoms with Gasteiger partial charge in [0.05, 0.1) is 31.5 Å². The minimum Gasteiger partial charge on any atom is -0.381 e. The van der Waals surface area contributed by atoms with Gasteiger partial charge in [0.25, 0.3) is 0 Å². The summed E-state index contributed by atoms with van der Waals surface area (Å²) in [5.41, 5.74) is 0. The molecule has 6 heteroatoms. The van der Waals surface area contributed by atoms with Crippen LogP contribution in [0, 0.1) is 11.8 Å². The normalized spacial score (nSPS) is 31.5. The molecule has 1 aliphatic carbocycles. The fraction of sp³-hybridized carbons (Fsp3) is 0.950. The Hall–Kier alpha value is -0.690. The third-order valence-electron chi connectivity index (χ3n) is 6.27. The van der Waals surface area contributed by atoms with E-state index in [1.165, 1.54) is 39.2 Å². The zero-order valence-electron chi connectivity index (χ0n) is 16.1. The van der Waals surface area contributed by atoms with E-state index >= 15 is 0 Å². The standard InChI is InChI=1S/C20H35NO5/c1-21(23)20(22)9-5-6-12-24-13-16-17(19-11-10-18(16)26-19)14-25-15-7-3-2-4-8-15/h15-19,23H,2-14H2,1H3/t16-,17+,18-,19+/m0/s1. The van der Waals surface area contributed by atoms with Gasteiger partial charge in [-0.2, -0.15) is 0 Å². The van der Waals surface area contributed by atoms with Crippen LogP contribution in [0.25, 0.3) is 0 Å². The molecule has 1 saturated carbocycles. The summed E-state index contributed by atoms with van der Waals surface area (Å²) in [6.07, 6.45) is 11.8. The van der Waals surface area contributed by atoms with Crippen LogP contribution in [0.4, 0.5) is 0 Å². The smallest absolute Gasteiger partial charge is 0.245 e. The molecule has 0 aromatic carbocycles. The molecule has 2 heterocycles. The molecule has 150 valence electrons. The van der Waals surface area contributed by atoms with E-state index in [1.807, 2.05) is 0 Å². The summed E-state index contributed by atoms with van der Waals surface area (Å²) in [4.78, 5) is 11.3. The Morgan fingerprint density at radius 3 is 2.42 bits per heavy atom. The van der Waals surface area contributed by atoms with Crippen LogP contribution in [0.2, 0.25) is 0 Å². The van der Waals surface area contributed by atoms with Gasteiger partial charge in [-0.1, -0.05) is 19.3 Å². The maximum absolute atomic E-state index is 11.3. The Balaban J connectivity index is 1.33. The monoisotopic (exact) mass is 369 g/mol. The van der Waals surface area contributed by atoms with Crippen molar-refractivity contribution in [3.63, 3.8) is 0 Å². The number of amides is 1. The van der Waals surface area contributed by atoms with Crippen LogP contribution < -0.4 is 0 Å². The Morgan fingerprint density at radius 1 is 1.04 bits per heavy atom. The van der Waals surface area contributed by atoms with Gasteiger partial charge in [-0.15, -0.1) is 0 Å². The van der Waals surface area contributed by atoms with Gasteiger partial charge in [0, 0.05) is 31.9 Å². The Labute approximate surface area is 157 Å². The number of rotatable bonds is 10. The summed E-state index contributed by atoms with van der Waals surface area (Å²) in [5.74, 6) is 0.675. The van der Waals surface area contributed by atoms with Gasteiger partial charge in [0.2, 0.25) is 5.91 Å². The van der Waals surface area contributed by atoms with Crippen molar-refractivity contribution in [3.05, 3.63) is 0 Å². The van der Waals surface area contributed by atoms with Crippen molar-refractivity contribution in [2.45, 2.75) is 82.5 Å². The number of ether oxygens (including phenoxy) is 3. The first-order chi connectivity index (χ1) is 12.6. The molecule has 0 spiro atoms.